The lowest BCUT2D eigenvalue weighted by Crippen LogP contribution is -2.49. The first kappa shape index (κ1) is 14.0. The molecule has 0 unspecified atom stereocenters. The van der Waals surface area contributed by atoms with E-state index in [2.05, 4.69) is 10.6 Å². The van der Waals surface area contributed by atoms with E-state index in [1.165, 1.54) is 0 Å². The maximum Gasteiger partial charge on any atom is 0.237 e. The first-order valence-corrected chi connectivity index (χ1v) is 6.13. The molecule has 1 atom stereocenters. The zero-order chi connectivity index (χ0) is 13.1. The minimum atomic E-state index is -0.547. The number of carbonyl (C=O) groups is 2. The molecule has 1 saturated carbocycles. The Hall–Kier alpha value is -1.10. The molecule has 0 aromatic heterocycles. The number of carbonyl (C=O) groups excluding carboxylic acids is 2. The molecule has 98 valence electrons. The van der Waals surface area contributed by atoms with Gasteiger partial charge in [0.2, 0.25) is 11.8 Å². The Labute approximate surface area is 103 Å². The molecule has 0 heterocycles. The van der Waals surface area contributed by atoms with Crippen molar-refractivity contribution in [3.63, 3.8) is 0 Å². The van der Waals surface area contributed by atoms with Crippen molar-refractivity contribution in [3.05, 3.63) is 0 Å². The van der Waals surface area contributed by atoms with Crippen LogP contribution in [0.15, 0.2) is 0 Å². The number of rotatable bonds is 5. The third-order valence-electron chi connectivity index (χ3n) is 2.81. The van der Waals surface area contributed by atoms with Crippen LogP contribution in [-0.2, 0) is 9.59 Å². The largest absolute Gasteiger partial charge is 0.354 e. The predicted octanol–water partition coefficient (Wildman–Crippen LogP) is 0.145. The summed E-state index contributed by atoms with van der Waals surface area (Å²) in [4.78, 5) is 23.0. The van der Waals surface area contributed by atoms with Crippen molar-refractivity contribution in [1.29, 1.82) is 0 Å². The summed E-state index contributed by atoms with van der Waals surface area (Å²) in [6.45, 7) is 6.09. The highest BCUT2D eigenvalue weighted by molar-refractivity contribution is 5.83. The van der Waals surface area contributed by atoms with Gasteiger partial charge in [0.25, 0.3) is 0 Å². The summed E-state index contributed by atoms with van der Waals surface area (Å²) in [5, 5.41) is 5.55. The molecule has 1 fully saturated rings. The first-order chi connectivity index (χ1) is 7.80. The molecule has 1 rings (SSSR count). The van der Waals surface area contributed by atoms with Gasteiger partial charge in [-0.05, 0) is 18.3 Å². The van der Waals surface area contributed by atoms with Crippen LogP contribution < -0.4 is 16.4 Å². The third-order valence-corrected chi connectivity index (χ3v) is 2.81. The van der Waals surface area contributed by atoms with Crippen LogP contribution in [0.3, 0.4) is 0 Å². The van der Waals surface area contributed by atoms with Gasteiger partial charge in [0.1, 0.15) is 0 Å². The van der Waals surface area contributed by atoms with Gasteiger partial charge in [-0.25, -0.2) is 0 Å². The van der Waals surface area contributed by atoms with E-state index >= 15 is 0 Å². The van der Waals surface area contributed by atoms with Crippen LogP contribution in [0.2, 0.25) is 0 Å². The zero-order valence-corrected chi connectivity index (χ0v) is 10.9. The normalized spacial score (nSPS) is 17.4. The Morgan fingerprint density at radius 3 is 2.41 bits per heavy atom. The van der Waals surface area contributed by atoms with Crippen molar-refractivity contribution in [2.45, 2.75) is 52.1 Å². The summed E-state index contributed by atoms with van der Waals surface area (Å²) < 4.78 is 0. The number of amides is 2. The number of hydrogen-bond donors (Lipinski definition) is 3. The summed E-state index contributed by atoms with van der Waals surface area (Å²) in [6.07, 6.45) is 2.47. The summed E-state index contributed by atoms with van der Waals surface area (Å²) in [5.74, 6) is -0.200. The average molecular weight is 241 g/mol. The van der Waals surface area contributed by atoms with E-state index in [1.54, 1.807) is 0 Å². The predicted molar refractivity (Wildman–Crippen MR) is 66.2 cm³/mol. The van der Waals surface area contributed by atoms with Gasteiger partial charge < -0.3 is 16.4 Å². The van der Waals surface area contributed by atoms with Crippen molar-refractivity contribution in [2.75, 3.05) is 6.54 Å². The molecule has 0 radical (unpaired) electrons. The monoisotopic (exact) mass is 241 g/mol. The van der Waals surface area contributed by atoms with Gasteiger partial charge in [-0.15, -0.1) is 0 Å². The smallest absolute Gasteiger partial charge is 0.237 e. The molecule has 2 amide bonds. The quantitative estimate of drug-likeness (QED) is 0.640. The molecule has 1 aliphatic carbocycles. The highest BCUT2D eigenvalue weighted by Crippen LogP contribution is 2.18. The van der Waals surface area contributed by atoms with Crippen LogP contribution >= 0.6 is 0 Å². The van der Waals surface area contributed by atoms with Crippen molar-refractivity contribution in [3.8, 4) is 0 Å². The summed E-state index contributed by atoms with van der Waals surface area (Å²) in [5.41, 5.74) is 5.53. The standard InChI is InChI=1S/C12H23N3O2/c1-12(2,3)10(13)11(17)14-7-6-9(16)15-8-4-5-8/h8,10H,4-7,13H2,1-3H3,(H,14,17)(H,15,16)/t10-/m0/s1. The van der Waals surface area contributed by atoms with E-state index in [0.29, 0.717) is 19.0 Å². The van der Waals surface area contributed by atoms with Crippen molar-refractivity contribution < 1.29 is 9.59 Å². The highest BCUT2D eigenvalue weighted by atomic mass is 16.2. The summed E-state index contributed by atoms with van der Waals surface area (Å²) in [7, 11) is 0. The second kappa shape index (κ2) is 5.49. The van der Waals surface area contributed by atoms with Crippen LogP contribution in [0.4, 0.5) is 0 Å². The van der Waals surface area contributed by atoms with Gasteiger partial charge in [-0.3, -0.25) is 9.59 Å². The molecule has 17 heavy (non-hydrogen) atoms. The molecule has 5 heteroatoms. The van der Waals surface area contributed by atoms with Gasteiger partial charge in [-0.2, -0.15) is 0 Å². The van der Waals surface area contributed by atoms with Gasteiger partial charge in [0, 0.05) is 19.0 Å². The van der Waals surface area contributed by atoms with Crippen molar-refractivity contribution in [1.82, 2.24) is 10.6 Å². The van der Waals surface area contributed by atoms with Gasteiger partial charge in [-0.1, -0.05) is 20.8 Å². The lowest BCUT2D eigenvalue weighted by molar-refractivity contribution is -0.124. The van der Waals surface area contributed by atoms with Crippen molar-refractivity contribution in [2.24, 2.45) is 11.1 Å². The molecule has 1 aliphatic rings. The van der Waals surface area contributed by atoms with E-state index in [-0.39, 0.29) is 17.2 Å². The Morgan fingerprint density at radius 1 is 1.35 bits per heavy atom. The lowest BCUT2D eigenvalue weighted by Gasteiger charge is -2.25. The van der Waals surface area contributed by atoms with Crippen LogP contribution in [0, 0.1) is 5.41 Å². The Kier molecular flexibility index (Phi) is 4.51. The van der Waals surface area contributed by atoms with Gasteiger partial charge in [0.05, 0.1) is 6.04 Å². The molecular weight excluding hydrogens is 218 g/mol. The van der Waals surface area contributed by atoms with Crippen molar-refractivity contribution >= 4 is 11.8 Å². The first-order valence-electron chi connectivity index (χ1n) is 6.13. The summed E-state index contributed by atoms with van der Waals surface area (Å²) in [6, 6.07) is -0.177. The third kappa shape index (κ3) is 5.17. The lowest BCUT2D eigenvalue weighted by atomic mass is 9.87. The molecule has 5 nitrogen and oxygen atoms in total. The Balaban J connectivity index is 2.16. The van der Waals surface area contributed by atoms with E-state index in [9.17, 15) is 9.59 Å². The maximum atomic E-state index is 11.6. The van der Waals surface area contributed by atoms with E-state index in [4.69, 9.17) is 5.73 Å². The molecule has 0 spiro atoms. The second-order valence-corrected chi connectivity index (χ2v) is 5.73. The van der Waals surface area contributed by atoms with Gasteiger partial charge in [0.15, 0.2) is 0 Å². The van der Waals surface area contributed by atoms with Gasteiger partial charge >= 0.3 is 0 Å². The Morgan fingerprint density at radius 2 is 1.94 bits per heavy atom. The fraction of sp³-hybridized carbons (Fsp3) is 0.833. The van der Waals surface area contributed by atoms with Crippen LogP contribution in [-0.4, -0.2) is 30.4 Å². The molecule has 0 saturated heterocycles. The SMILES string of the molecule is CC(C)(C)[C@@H](N)C(=O)NCCC(=O)NC1CC1. The Bertz CT molecular complexity index is 293. The minimum Gasteiger partial charge on any atom is -0.354 e. The molecule has 0 aromatic carbocycles. The molecule has 0 aromatic rings. The second-order valence-electron chi connectivity index (χ2n) is 5.73. The number of hydrogen-bond acceptors (Lipinski definition) is 3. The van der Waals surface area contributed by atoms with Crippen LogP contribution in [0.25, 0.3) is 0 Å². The minimum absolute atomic E-state index is 0.00266. The van der Waals surface area contributed by atoms with Crippen LogP contribution in [0.1, 0.15) is 40.0 Å². The number of nitrogens with one attached hydrogen (secondary N) is 2. The zero-order valence-electron chi connectivity index (χ0n) is 10.9. The fourth-order valence-corrected chi connectivity index (χ4v) is 1.33. The average Bonchev–Trinajstić information content (AvgIpc) is 2.98. The fourth-order valence-electron chi connectivity index (χ4n) is 1.33. The molecule has 4 N–H and O–H groups in total. The number of nitrogens with two attached hydrogens (primary N) is 1. The maximum absolute atomic E-state index is 11.6. The summed E-state index contributed by atoms with van der Waals surface area (Å²) >= 11 is 0. The topological polar surface area (TPSA) is 84.2 Å². The van der Waals surface area contributed by atoms with E-state index in [1.807, 2.05) is 20.8 Å². The molecular formula is C12H23N3O2. The molecule has 0 bridgehead atoms. The highest BCUT2D eigenvalue weighted by Gasteiger charge is 2.27. The van der Waals surface area contributed by atoms with E-state index < -0.39 is 6.04 Å². The molecule has 0 aliphatic heterocycles. The van der Waals surface area contributed by atoms with E-state index in [0.717, 1.165) is 12.8 Å². The van der Waals surface area contributed by atoms with Crippen LogP contribution in [0.5, 0.6) is 0 Å².